The standard InChI is InChI=1S/C26H27F2N7O3S/c1-16-14-22(29)30-15-18(16)25-32-21-7-6-19(31-24(21)26(33-25)35-9-11-38-12-10-35)17-4-2-5-20(23(17)28)34-39(36,37)13-3-8-27/h2,4-7,14-15,34H,3,8-13H2,1H3,(H2,29,30). The largest absolute Gasteiger partial charge is 0.384 e. The molecule has 5 rings (SSSR count). The molecule has 1 aromatic carbocycles. The van der Waals surface area contributed by atoms with Gasteiger partial charge in [0.1, 0.15) is 11.3 Å². The van der Waals surface area contributed by atoms with Crippen molar-refractivity contribution >= 4 is 38.4 Å². The average molecular weight is 556 g/mol. The van der Waals surface area contributed by atoms with Crippen molar-refractivity contribution in [2.45, 2.75) is 13.3 Å². The molecule has 0 aliphatic carbocycles. The number of nitrogen functional groups attached to an aromatic ring is 1. The molecule has 13 heteroatoms. The maximum Gasteiger partial charge on any atom is 0.232 e. The zero-order valence-corrected chi connectivity index (χ0v) is 22.0. The van der Waals surface area contributed by atoms with Gasteiger partial charge in [0.05, 0.1) is 42.5 Å². The fraction of sp³-hybridized carbons (Fsp3) is 0.308. The summed E-state index contributed by atoms with van der Waals surface area (Å²) in [7, 11) is -3.91. The van der Waals surface area contributed by atoms with Crippen LogP contribution >= 0.6 is 0 Å². The highest BCUT2D eigenvalue weighted by atomic mass is 32.2. The molecule has 0 radical (unpaired) electrons. The van der Waals surface area contributed by atoms with E-state index in [2.05, 4.69) is 9.71 Å². The van der Waals surface area contributed by atoms with E-state index in [-0.39, 0.29) is 23.4 Å². The highest BCUT2D eigenvalue weighted by molar-refractivity contribution is 7.92. The second kappa shape index (κ2) is 11.0. The second-order valence-corrected chi connectivity index (χ2v) is 10.9. The van der Waals surface area contributed by atoms with E-state index in [1.54, 1.807) is 24.4 Å². The molecule has 3 N–H and O–H groups in total. The quantitative estimate of drug-likeness (QED) is 0.333. The number of fused-ring (bicyclic) bond motifs is 1. The maximum absolute atomic E-state index is 15.5. The Bertz CT molecular complexity index is 1630. The van der Waals surface area contributed by atoms with Crippen LogP contribution in [0.15, 0.2) is 42.6 Å². The van der Waals surface area contributed by atoms with E-state index in [0.29, 0.717) is 54.8 Å². The lowest BCUT2D eigenvalue weighted by atomic mass is 10.1. The summed E-state index contributed by atoms with van der Waals surface area (Å²) in [5, 5.41) is 0. The number of rotatable bonds is 8. The lowest BCUT2D eigenvalue weighted by Gasteiger charge is -2.28. The summed E-state index contributed by atoms with van der Waals surface area (Å²) in [5.74, 6) is 0.180. The van der Waals surface area contributed by atoms with Gasteiger partial charge < -0.3 is 15.4 Å². The average Bonchev–Trinajstić information content (AvgIpc) is 2.93. The number of nitrogens with two attached hydrogens (primary N) is 1. The number of hydrogen-bond acceptors (Lipinski definition) is 9. The lowest BCUT2D eigenvalue weighted by Crippen LogP contribution is -2.37. The molecule has 10 nitrogen and oxygen atoms in total. The Morgan fingerprint density at radius 2 is 1.90 bits per heavy atom. The normalized spacial score (nSPS) is 14.1. The van der Waals surface area contributed by atoms with Crippen molar-refractivity contribution in [2.24, 2.45) is 0 Å². The van der Waals surface area contributed by atoms with E-state index in [1.165, 1.54) is 18.2 Å². The minimum Gasteiger partial charge on any atom is -0.384 e. The van der Waals surface area contributed by atoms with Gasteiger partial charge in [-0.25, -0.2) is 32.7 Å². The van der Waals surface area contributed by atoms with Gasteiger partial charge >= 0.3 is 0 Å². The van der Waals surface area contributed by atoms with Crippen molar-refractivity contribution in [3.8, 4) is 22.6 Å². The first-order chi connectivity index (χ1) is 18.8. The molecule has 0 spiro atoms. The number of nitrogens with zero attached hydrogens (tertiary/aromatic N) is 5. The summed E-state index contributed by atoms with van der Waals surface area (Å²) in [6.45, 7) is 3.32. The van der Waals surface area contributed by atoms with Crippen LogP contribution in [0.4, 0.5) is 26.1 Å². The Kier molecular flexibility index (Phi) is 7.53. The summed E-state index contributed by atoms with van der Waals surface area (Å²) >= 11 is 0. The van der Waals surface area contributed by atoms with Crippen LogP contribution in [0.3, 0.4) is 0 Å². The number of nitrogens with one attached hydrogen (secondary N) is 1. The zero-order chi connectivity index (χ0) is 27.6. The molecule has 0 amide bonds. The summed E-state index contributed by atoms with van der Waals surface area (Å²) in [5.41, 5.74) is 8.57. The van der Waals surface area contributed by atoms with Gasteiger partial charge in [0.25, 0.3) is 0 Å². The van der Waals surface area contributed by atoms with Crippen LogP contribution in [0.5, 0.6) is 0 Å². The Hall–Kier alpha value is -3.97. The minimum absolute atomic E-state index is 0.0955. The van der Waals surface area contributed by atoms with Gasteiger partial charge in [-0.3, -0.25) is 9.11 Å². The zero-order valence-electron chi connectivity index (χ0n) is 21.2. The summed E-state index contributed by atoms with van der Waals surface area (Å²) in [6.07, 6.45) is 1.45. The number of morpholine rings is 1. The van der Waals surface area contributed by atoms with Crippen molar-refractivity contribution in [2.75, 3.05) is 54.1 Å². The van der Waals surface area contributed by atoms with Crippen LogP contribution in [0.2, 0.25) is 0 Å². The maximum atomic E-state index is 15.5. The predicted octanol–water partition coefficient (Wildman–Crippen LogP) is 3.72. The molecule has 39 heavy (non-hydrogen) atoms. The number of hydrogen-bond donors (Lipinski definition) is 2. The van der Waals surface area contributed by atoms with Gasteiger partial charge in [0.2, 0.25) is 10.0 Å². The molecule has 4 aromatic rings. The third-order valence-corrected chi connectivity index (χ3v) is 7.65. The topological polar surface area (TPSA) is 136 Å². The number of alkyl halides is 1. The van der Waals surface area contributed by atoms with Crippen molar-refractivity contribution < 1.29 is 21.9 Å². The van der Waals surface area contributed by atoms with E-state index in [1.807, 2.05) is 11.8 Å². The highest BCUT2D eigenvalue weighted by Crippen LogP contribution is 2.32. The molecular formula is C26H27F2N7O3S. The first-order valence-electron chi connectivity index (χ1n) is 12.3. The van der Waals surface area contributed by atoms with E-state index < -0.39 is 28.3 Å². The van der Waals surface area contributed by atoms with Crippen LogP contribution < -0.4 is 15.4 Å². The number of halogens is 2. The SMILES string of the molecule is Cc1cc(N)ncc1-c1nc(N2CCOCC2)c2nc(-c3cccc(NS(=O)(=O)CCCF)c3F)ccc2n1. The van der Waals surface area contributed by atoms with E-state index in [0.717, 1.165) is 11.1 Å². The van der Waals surface area contributed by atoms with Crippen molar-refractivity contribution in [1.29, 1.82) is 0 Å². The molecule has 0 saturated carbocycles. The number of benzene rings is 1. The smallest absolute Gasteiger partial charge is 0.232 e. The van der Waals surface area contributed by atoms with Crippen LogP contribution in [0.1, 0.15) is 12.0 Å². The fourth-order valence-corrected chi connectivity index (χ4v) is 5.43. The van der Waals surface area contributed by atoms with Crippen LogP contribution in [-0.4, -0.2) is 67.1 Å². The molecule has 1 fully saturated rings. The predicted molar refractivity (Wildman–Crippen MR) is 146 cm³/mol. The third-order valence-electron chi connectivity index (χ3n) is 6.29. The van der Waals surface area contributed by atoms with E-state index >= 15 is 4.39 Å². The summed E-state index contributed by atoms with van der Waals surface area (Å²) in [4.78, 5) is 20.5. The van der Waals surface area contributed by atoms with Gasteiger partial charge in [-0.2, -0.15) is 0 Å². The first-order valence-corrected chi connectivity index (χ1v) is 14.0. The molecular weight excluding hydrogens is 528 g/mol. The van der Waals surface area contributed by atoms with Crippen LogP contribution in [0.25, 0.3) is 33.7 Å². The highest BCUT2D eigenvalue weighted by Gasteiger charge is 2.22. The molecule has 1 saturated heterocycles. The second-order valence-electron chi connectivity index (χ2n) is 9.09. The van der Waals surface area contributed by atoms with Crippen LogP contribution in [0, 0.1) is 12.7 Å². The molecule has 204 valence electrons. The molecule has 0 unspecified atom stereocenters. The fourth-order valence-electron chi connectivity index (χ4n) is 4.35. The van der Waals surface area contributed by atoms with Gasteiger partial charge in [-0.1, -0.05) is 6.07 Å². The molecule has 0 bridgehead atoms. The van der Waals surface area contributed by atoms with Gasteiger partial charge in [-0.05, 0) is 49.2 Å². The van der Waals surface area contributed by atoms with Crippen molar-refractivity contribution in [1.82, 2.24) is 19.9 Å². The number of anilines is 3. The van der Waals surface area contributed by atoms with Crippen molar-refractivity contribution in [3.05, 3.63) is 54.0 Å². The monoisotopic (exact) mass is 555 g/mol. The van der Waals surface area contributed by atoms with E-state index in [4.69, 9.17) is 25.4 Å². The molecule has 1 aliphatic rings. The first kappa shape index (κ1) is 26.6. The number of aryl methyl sites for hydroxylation is 1. The number of pyridine rings is 2. The molecule has 4 heterocycles. The Morgan fingerprint density at radius 3 is 2.64 bits per heavy atom. The van der Waals surface area contributed by atoms with Gasteiger partial charge in [0.15, 0.2) is 17.5 Å². The Balaban J connectivity index is 1.61. The Morgan fingerprint density at radius 1 is 1.10 bits per heavy atom. The number of sulfonamides is 1. The van der Waals surface area contributed by atoms with Crippen molar-refractivity contribution in [3.63, 3.8) is 0 Å². The Labute approximate surface area is 224 Å². The third kappa shape index (κ3) is 5.73. The van der Waals surface area contributed by atoms with Gasteiger partial charge in [0, 0.05) is 30.4 Å². The summed E-state index contributed by atoms with van der Waals surface area (Å²) in [6, 6.07) is 9.44. The molecule has 0 atom stereocenters. The minimum atomic E-state index is -3.91. The van der Waals surface area contributed by atoms with E-state index in [9.17, 15) is 12.8 Å². The number of aromatic nitrogens is 4. The van der Waals surface area contributed by atoms with Crippen LogP contribution in [-0.2, 0) is 14.8 Å². The molecule has 1 aliphatic heterocycles. The van der Waals surface area contributed by atoms with Gasteiger partial charge in [-0.15, -0.1) is 0 Å². The lowest BCUT2D eigenvalue weighted by molar-refractivity contribution is 0.122. The summed E-state index contributed by atoms with van der Waals surface area (Å²) < 4.78 is 60.2. The number of ether oxygens (including phenoxy) is 1. The molecule has 3 aromatic heterocycles.